The fraction of sp³-hybridized carbons (Fsp3) is 0.133. The van der Waals surface area contributed by atoms with Gasteiger partial charge in [0.25, 0.3) is 0 Å². The van der Waals surface area contributed by atoms with Gasteiger partial charge in [-0.3, -0.25) is 4.79 Å². The van der Waals surface area contributed by atoms with Crippen molar-refractivity contribution in [2.24, 2.45) is 0 Å². The summed E-state index contributed by atoms with van der Waals surface area (Å²) in [5.74, 6) is -1.07. The molecular weight excluding hydrogens is 290 g/mol. The van der Waals surface area contributed by atoms with Crippen LogP contribution in [-0.4, -0.2) is 19.5 Å². The summed E-state index contributed by atoms with van der Waals surface area (Å²) < 4.78 is 27.0. The summed E-state index contributed by atoms with van der Waals surface area (Å²) in [7, 11) is -3.77. The van der Waals surface area contributed by atoms with Gasteiger partial charge < -0.3 is 5.11 Å². The maximum atomic E-state index is 12.3. The van der Waals surface area contributed by atoms with Gasteiger partial charge in [-0.15, -0.1) is 0 Å². The third-order valence-electron chi connectivity index (χ3n) is 2.93. The van der Waals surface area contributed by atoms with Crippen molar-refractivity contribution in [3.63, 3.8) is 0 Å². The number of hydrogen-bond donors (Lipinski definition) is 2. The van der Waals surface area contributed by atoms with Crippen LogP contribution in [0.15, 0.2) is 65.6 Å². The standard InChI is InChI=1S/C15H15NO4S/c17-15(18)11-14(12-7-3-1-4-8-12)16-21(19,20)13-9-5-2-6-10-13/h1-10,14,16H,11H2,(H,17,18). The lowest BCUT2D eigenvalue weighted by Gasteiger charge is -2.17. The molecule has 2 aromatic carbocycles. The van der Waals surface area contributed by atoms with Crippen LogP contribution in [-0.2, 0) is 14.8 Å². The van der Waals surface area contributed by atoms with Crippen LogP contribution >= 0.6 is 0 Å². The average molecular weight is 305 g/mol. The molecule has 2 rings (SSSR count). The van der Waals surface area contributed by atoms with Crippen molar-refractivity contribution in [3.8, 4) is 0 Å². The van der Waals surface area contributed by atoms with Gasteiger partial charge in [0.15, 0.2) is 0 Å². The van der Waals surface area contributed by atoms with Crippen molar-refractivity contribution in [3.05, 3.63) is 66.2 Å². The van der Waals surface area contributed by atoms with Gasteiger partial charge in [0.1, 0.15) is 0 Å². The number of nitrogens with one attached hydrogen (secondary N) is 1. The molecule has 0 aliphatic heterocycles. The van der Waals surface area contributed by atoms with Crippen molar-refractivity contribution >= 4 is 16.0 Å². The molecule has 0 bridgehead atoms. The lowest BCUT2D eigenvalue weighted by atomic mass is 10.1. The number of rotatable bonds is 6. The zero-order valence-corrected chi connectivity index (χ0v) is 12.0. The molecule has 6 heteroatoms. The van der Waals surface area contributed by atoms with Crippen molar-refractivity contribution in [1.29, 1.82) is 0 Å². The third-order valence-corrected chi connectivity index (χ3v) is 4.42. The molecule has 1 unspecified atom stereocenters. The largest absolute Gasteiger partial charge is 0.481 e. The SMILES string of the molecule is O=C(O)CC(NS(=O)(=O)c1ccccc1)c1ccccc1. The van der Waals surface area contributed by atoms with Crippen LogP contribution in [0.3, 0.4) is 0 Å². The molecule has 0 aliphatic carbocycles. The molecule has 110 valence electrons. The summed E-state index contributed by atoms with van der Waals surface area (Å²) in [5.41, 5.74) is 0.611. The van der Waals surface area contributed by atoms with Crippen molar-refractivity contribution in [2.75, 3.05) is 0 Å². The minimum absolute atomic E-state index is 0.108. The van der Waals surface area contributed by atoms with E-state index in [1.807, 2.05) is 0 Å². The second kappa shape index (κ2) is 6.51. The van der Waals surface area contributed by atoms with E-state index in [-0.39, 0.29) is 11.3 Å². The Morgan fingerprint density at radius 1 is 1.00 bits per heavy atom. The topological polar surface area (TPSA) is 83.5 Å². The zero-order chi connectivity index (χ0) is 15.3. The van der Waals surface area contributed by atoms with Gasteiger partial charge in [-0.1, -0.05) is 48.5 Å². The van der Waals surface area contributed by atoms with Crippen LogP contribution in [0, 0.1) is 0 Å². The van der Waals surface area contributed by atoms with E-state index in [0.29, 0.717) is 5.56 Å². The Balaban J connectivity index is 2.29. The Labute approximate surface area is 123 Å². The number of sulfonamides is 1. The van der Waals surface area contributed by atoms with Crippen LogP contribution < -0.4 is 4.72 Å². The minimum atomic E-state index is -3.77. The zero-order valence-electron chi connectivity index (χ0n) is 11.1. The Morgan fingerprint density at radius 2 is 1.52 bits per heavy atom. The Morgan fingerprint density at radius 3 is 2.05 bits per heavy atom. The molecular formula is C15H15NO4S. The molecule has 0 fully saturated rings. The average Bonchev–Trinajstić information content (AvgIpc) is 2.48. The summed E-state index contributed by atoms with van der Waals surface area (Å²) in [6.45, 7) is 0. The van der Waals surface area contributed by atoms with Crippen LogP contribution in [0.2, 0.25) is 0 Å². The van der Waals surface area contributed by atoms with Gasteiger partial charge in [0.2, 0.25) is 10.0 Å². The summed E-state index contributed by atoms with van der Waals surface area (Å²) in [4.78, 5) is 11.1. The van der Waals surface area contributed by atoms with E-state index >= 15 is 0 Å². The van der Waals surface area contributed by atoms with Crippen LogP contribution in [0.4, 0.5) is 0 Å². The third kappa shape index (κ3) is 4.14. The molecule has 0 aliphatic rings. The number of carbonyl (C=O) groups is 1. The molecule has 0 amide bonds. The predicted octanol–water partition coefficient (Wildman–Crippen LogP) is 2.18. The second-order valence-electron chi connectivity index (χ2n) is 4.50. The number of benzene rings is 2. The van der Waals surface area contributed by atoms with Gasteiger partial charge in [-0.2, -0.15) is 0 Å². The Bertz CT molecular complexity index is 699. The Kier molecular flexibility index (Phi) is 4.72. The van der Waals surface area contributed by atoms with Gasteiger partial charge >= 0.3 is 5.97 Å². The van der Waals surface area contributed by atoms with Crippen molar-refractivity contribution in [2.45, 2.75) is 17.4 Å². The first-order valence-corrected chi connectivity index (χ1v) is 7.81. The van der Waals surface area contributed by atoms with Crippen LogP contribution in [0.5, 0.6) is 0 Å². The van der Waals surface area contributed by atoms with E-state index in [1.54, 1.807) is 48.5 Å². The maximum absolute atomic E-state index is 12.3. The van der Waals surface area contributed by atoms with E-state index in [4.69, 9.17) is 5.11 Å². The molecule has 0 spiro atoms. The molecule has 0 heterocycles. The van der Waals surface area contributed by atoms with Crippen LogP contribution in [0.1, 0.15) is 18.0 Å². The van der Waals surface area contributed by atoms with E-state index in [9.17, 15) is 13.2 Å². The van der Waals surface area contributed by atoms with E-state index in [2.05, 4.69) is 4.72 Å². The molecule has 0 saturated heterocycles. The molecule has 0 aromatic heterocycles. The number of aliphatic carboxylic acids is 1. The van der Waals surface area contributed by atoms with Gasteiger partial charge in [-0.25, -0.2) is 13.1 Å². The second-order valence-corrected chi connectivity index (χ2v) is 6.21. The van der Waals surface area contributed by atoms with Crippen molar-refractivity contribution in [1.82, 2.24) is 4.72 Å². The first-order valence-electron chi connectivity index (χ1n) is 6.33. The highest BCUT2D eigenvalue weighted by molar-refractivity contribution is 7.89. The number of carboxylic acid groups (broad SMARTS) is 1. The molecule has 2 N–H and O–H groups in total. The first-order chi connectivity index (χ1) is 9.99. The molecule has 1 atom stereocenters. The van der Waals surface area contributed by atoms with Crippen molar-refractivity contribution < 1.29 is 18.3 Å². The summed E-state index contributed by atoms with van der Waals surface area (Å²) >= 11 is 0. The Hall–Kier alpha value is -2.18. The smallest absolute Gasteiger partial charge is 0.305 e. The maximum Gasteiger partial charge on any atom is 0.305 e. The summed E-state index contributed by atoms with van der Waals surface area (Å²) in [6.07, 6.45) is -0.323. The number of carboxylic acids is 1. The molecule has 21 heavy (non-hydrogen) atoms. The van der Waals surface area contributed by atoms with Gasteiger partial charge in [-0.05, 0) is 17.7 Å². The normalized spacial score (nSPS) is 12.8. The monoisotopic (exact) mass is 305 g/mol. The lowest BCUT2D eigenvalue weighted by Crippen LogP contribution is -2.30. The summed E-state index contributed by atoms with van der Waals surface area (Å²) in [6, 6.07) is 15.7. The number of hydrogen-bond acceptors (Lipinski definition) is 3. The highest BCUT2D eigenvalue weighted by Gasteiger charge is 2.23. The highest BCUT2D eigenvalue weighted by atomic mass is 32.2. The fourth-order valence-corrected chi connectivity index (χ4v) is 3.19. The lowest BCUT2D eigenvalue weighted by molar-refractivity contribution is -0.137. The van der Waals surface area contributed by atoms with Gasteiger partial charge in [0, 0.05) is 0 Å². The molecule has 2 aromatic rings. The van der Waals surface area contributed by atoms with Crippen LogP contribution in [0.25, 0.3) is 0 Å². The van der Waals surface area contributed by atoms with E-state index in [1.165, 1.54) is 12.1 Å². The van der Waals surface area contributed by atoms with E-state index < -0.39 is 22.0 Å². The fourth-order valence-electron chi connectivity index (χ4n) is 1.94. The molecule has 5 nitrogen and oxygen atoms in total. The predicted molar refractivity (Wildman–Crippen MR) is 78.2 cm³/mol. The van der Waals surface area contributed by atoms with Gasteiger partial charge in [0.05, 0.1) is 17.4 Å². The van der Waals surface area contributed by atoms with E-state index in [0.717, 1.165) is 0 Å². The first kappa shape index (κ1) is 15.2. The highest BCUT2D eigenvalue weighted by Crippen LogP contribution is 2.20. The summed E-state index contributed by atoms with van der Waals surface area (Å²) in [5, 5.41) is 8.98. The minimum Gasteiger partial charge on any atom is -0.481 e. The molecule has 0 radical (unpaired) electrons. The quantitative estimate of drug-likeness (QED) is 0.857. The molecule has 0 saturated carbocycles.